The van der Waals surface area contributed by atoms with Crippen molar-refractivity contribution in [3.63, 3.8) is 0 Å². The lowest BCUT2D eigenvalue weighted by Crippen LogP contribution is -2.21. The fraction of sp³-hybridized carbons (Fsp3) is 0.462. The van der Waals surface area contributed by atoms with Gasteiger partial charge in [-0.3, -0.25) is 0 Å². The molecular formula is C26H38N4O4. The van der Waals surface area contributed by atoms with Crippen molar-refractivity contribution in [2.75, 3.05) is 49.2 Å². The van der Waals surface area contributed by atoms with Crippen LogP contribution in [0.4, 0.5) is 11.4 Å². The highest BCUT2D eigenvalue weighted by Crippen LogP contribution is 2.24. The van der Waals surface area contributed by atoms with Crippen molar-refractivity contribution in [3.8, 4) is 11.5 Å². The Labute approximate surface area is 203 Å². The fourth-order valence-corrected chi connectivity index (χ4v) is 3.48. The van der Waals surface area contributed by atoms with E-state index in [1.165, 1.54) is 12.4 Å². The zero-order valence-electron chi connectivity index (χ0n) is 20.8. The topological polar surface area (TPSA) is 90.1 Å². The Hall–Kier alpha value is -3.42. The minimum atomic E-state index is 0.178. The predicted molar refractivity (Wildman–Crippen MR) is 140 cm³/mol. The van der Waals surface area contributed by atoms with E-state index in [4.69, 9.17) is 9.68 Å². The Kier molecular flexibility index (Phi) is 11.6. The van der Waals surface area contributed by atoms with E-state index in [2.05, 4.69) is 47.8 Å². The Bertz CT molecular complexity index is 850. The molecule has 0 atom stereocenters. The molecule has 2 N–H and O–H groups in total. The van der Waals surface area contributed by atoms with Gasteiger partial charge >= 0.3 is 0 Å². The van der Waals surface area contributed by atoms with Gasteiger partial charge in [0.2, 0.25) is 0 Å². The molecule has 0 spiro atoms. The highest BCUT2D eigenvalue weighted by molar-refractivity contribution is 5.84. The second kappa shape index (κ2) is 14.7. The van der Waals surface area contributed by atoms with Crippen LogP contribution in [0.1, 0.15) is 51.7 Å². The summed E-state index contributed by atoms with van der Waals surface area (Å²) in [5.41, 5.74) is 3.19. The van der Waals surface area contributed by atoms with Crippen molar-refractivity contribution < 1.29 is 19.9 Å². The number of hydrogen-bond donors (Lipinski definition) is 2. The number of oxime groups is 2. The molecule has 0 unspecified atom stereocenters. The SMILES string of the molecule is CCN(CC)c1ccc(/C=N/OCCCCO/N=C/c2ccc(N(CC)CC)cc2O)c(O)c1. The molecule has 0 fully saturated rings. The maximum absolute atomic E-state index is 10.2. The zero-order chi connectivity index (χ0) is 24.8. The van der Waals surface area contributed by atoms with Crippen molar-refractivity contribution in [2.24, 2.45) is 10.3 Å². The lowest BCUT2D eigenvalue weighted by molar-refractivity contribution is 0.112. The highest BCUT2D eigenvalue weighted by Gasteiger charge is 2.06. The summed E-state index contributed by atoms with van der Waals surface area (Å²) < 4.78 is 0. The maximum atomic E-state index is 10.2. The monoisotopic (exact) mass is 470 g/mol. The van der Waals surface area contributed by atoms with E-state index in [0.717, 1.165) is 50.4 Å². The smallest absolute Gasteiger partial charge is 0.126 e. The van der Waals surface area contributed by atoms with E-state index >= 15 is 0 Å². The predicted octanol–water partition coefficient (Wildman–Crippen LogP) is 4.97. The summed E-state index contributed by atoms with van der Waals surface area (Å²) in [5, 5.41) is 28.3. The molecule has 0 radical (unpaired) electrons. The molecule has 8 nitrogen and oxygen atoms in total. The third-order valence-corrected chi connectivity index (χ3v) is 5.54. The van der Waals surface area contributed by atoms with Crippen LogP contribution >= 0.6 is 0 Å². The van der Waals surface area contributed by atoms with Gasteiger partial charge in [0.05, 0.1) is 12.4 Å². The van der Waals surface area contributed by atoms with Crippen LogP contribution in [0.15, 0.2) is 46.7 Å². The molecule has 0 amide bonds. The Morgan fingerprint density at radius 3 is 1.38 bits per heavy atom. The van der Waals surface area contributed by atoms with Gasteiger partial charge in [-0.1, -0.05) is 10.3 Å². The molecule has 2 rings (SSSR count). The van der Waals surface area contributed by atoms with Gasteiger partial charge in [-0.05, 0) is 64.8 Å². The molecule has 0 saturated carbocycles. The first-order valence-electron chi connectivity index (χ1n) is 12.0. The van der Waals surface area contributed by atoms with Gasteiger partial charge in [0.15, 0.2) is 0 Å². The van der Waals surface area contributed by atoms with E-state index in [0.29, 0.717) is 24.3 Å². The van der Waals surface area contributed by atoms with E-state index in [-0.39, 0.29) is 11.5 Å². The quantitative estimate of drug-likeness (QED) is 0.217. The van der Waals surface area contributed by atoms with Crippen LogP contribution in [0.2, 0.25) is 0 Å². The summed E-state index contributed by atoms with van der Waals surface area (Å²) >= 11 is 0. The third kappa shape index (κ3) is 8.17. The molecule has 0 aromatic heterocycles. The fourth-order valence-electron chi connectivity index (χ4n) is 3.48. The molecule has 0 aliphatic rings. The number of phenols is 2. The summed E-state index contributed by atoms with van der Waals surface area (Å²) in [6.07, 6.45) is 4.54. The molecular weight excluding hydrogens is 432 g/mol. The van der Waals surface area contributed by atoms with Crippen molar-refractivity contribution in [2.45, 2.75) is 40.5 Å². The standard InChI is InChI=1S/C26H38N4O4/c1-5-29(6-2)23-13-11-21(25(31)17-23)19-27-33-15-9-10-16-34-28-20-22-12-14-24(18-26(22)32)30(7-3)8-4/h11-14,17-20,31-32H,5-10,15-16H2,1-4H3/b27-19+,28-20+. The molecule has 2 aromatic rings. The van der Waals surface area contributed by atoms with Gasteiger partial charge in [0.25, 0.3) is 0 Å². The summed E-state index contributed by atoms with van der Waals surface area (Å²) in [5.74, 6) is 0.355. The largest absolute Gasteiger partial charge is 0.507 e. The molecule has 186 valence electrons. The van der Waals surface area contributed by atoms with E-state index in [9.17, 15) is 10.2 Å². The third-order valence-electron chi connectivity index (χ3n) is 5.54. The van der Waals surface area contributed by atoms with Crippen LogP contribution < -0.4 is 9.80 Å². The minimum absolute atomic E-state index is 0.178. The Morgan fingerprint density at radius 1 is 0.676 bits per heavy atom. The lowest BCUT2D eigenvalue weighted by atomic mass is 10.2. The van der Waals surface area contributed by atoms with Crippen LogP contribution in [-0.2, 0) is 9.68 Å². The van der Waals surface area contributed by atoms with Crippen molar-refractivity contribution in [3.05, 3.63) is 47.5 Å². The summed E-state index contributed by atoms with van der Waals surface area (Å²) in [6, 6.07) is 11.1. The molecule has 0 aliphatic carbocycles. The number of anilines is 2. The molecule has 0 bridgehead atoms. The van der Waals surface area contributed by atoms with Crippen molar-refractivity contribution in [1.29, 1.82) is 0 Å². The van der Waals surface area contributed by atoms with Gasteiger partial charge in [0.1, 0.15) is 24.7 Å². The van der Waals surface area contributed by atoms with Gasteiger partial charge < -0.3 is 29.7 Å². The number of hydrogen-bond acceptors (Lipinski definition) is 8. The van der Waals surface area contributed by atoms with Crippen LogP contribution in [0, 0.1) is 0 Å². The first-order valence-corrected chi connectivity index (χ1v) is 12.0. The molecule has 0 aliphatic heterocycles. The Balaban J connectivity index is 1.66. The van der Waals surface area contributed by atoms with Crippen LogP contribution in [0.3, 0.4) is 0 Å². The average molecular weight is 471 g/mol. The number of unbranched alkanes of at least 4 members (excludes halogenated alkanes) is 1. The first-order chi connectivity index (χ1) is 16.5. The van der Waals surface area contributed by atoms with E-state index in [1.807, 2.05) is 24.3 Å². The number of nitrogens with zero attached hydrogens (tertiary/aromatic N) is 4. The van der Waals surface area contributed by atoms with Gasteiger partial charge in [-0.2, -0.15) is 0 Å². The Morgan fingerprint density at radius 2 is 1.06 bits per heavy atom. The maximum Gasteiger partial charge on any atom is 0.126 e. The zero-order valence-corrected chi connectivity index (χ0v) is 20.8. The molecule has 34 heavy (non-hydrogen) atoms. The second-order valence-electron chi connectivity index (χ2n) is 7.67. The average Bonchev–Trinajstić information content (AvgIpc) is 2.84. The first kappa shape index (κ1) is 26.8. The lowest BCUT2D eigenvalue weighted by Gasteiger charge is -2.21. The van der Waals surface area contributed by atoms with E-state index < -0.39 is 0 Å². The van der Waals surface area contributed by atoms with Gasteiger partial charge in [-0.25, -0.2) is 0 Å². The van der Waals surface area contributed by atoms with E-state index in [1.54, 1.807) is 12.1 Å². The normalized spacial score (nSPS) is 11.3. The molecule has 8 heteroatoms. The number of benzene rings is 2. The van der Waals surface area contributed by atoms with Crippen molar-refractivity contribution in [1.82, 2.24) is 0 Å². The summed E-state index contributed by atoms with van der Waals surface area (Å²) in [6.45, 7) is 12.7. The summed E-state index contributed by atoms with van der Waals surface area (Å²) in [4.78, 5) is 14.9. The van der Waals surface area contributed by atoms with Crippen molar-refractivity contribution >= 4 is 23.8 Å². The van der Waals surface area contributed by atoms with Gasteiger partial charge in [0, 0.05) is 60.8 Å². The highest BCUT2D eigenvalue weighted by atomic mass is 16.6. The van der Waals surface area contributed by atoms with Gasteiger partial charge in [-0.15, -0.1) is 0 Å². The molecule has 0 saturated heterocycles. The number of aromatic hydroxyl groups is 2. The molecule has 2 aromatic carbocycles. The summed E-state index contributed by atoms with van der Waals surface area (Å²) in [7, 11) is 0. The molecule has 0 heterocycles. The number of phenolic OH excluding ortho intramolecular Hbond substituents is 2. The van der Waals surface area contributed by atoms with Crippen LogP contribution in [0.5, 0.6) is 11.5 Å². The van der Waals surface area contributed by atoms with Crippen LogP contribution in [-0.4, -0.2) is 62.0 Å². The second-order valence-corrected chi connectivity index (χ2v) is 7.67. The minimum Gasteiger partial charge on any atom is -0.507 e. The van der Waals surface area contributed by atoms with Crippen LogP contribution in [0.25, 0.3) is 0 Å². The number of rotatable bonds is 15.